The van der Waals surface area contributed by atoms with E-state index in [1.165, 1.54) is 4.90 Å². The maximum Gasteiger partial charge on any atom is 0.321 e. The lowest BCUT2D eigenvalue weighted by Gasteiger charge is -2.26. The largest absolute Gasteiger partial charge is 0.399 e. The number of para-hydroxylation sites is 1. The van der Waals surface area contributed by atoms with Crippen LogP contribution in [0.2, 0.25) is 0 Å². The summed E-state index contributed by atoms with van der Waals surface area (Å²) in [6.45, 7) is -0.663. The van der Waals surface area contributed by atoms with E-state index in [2.05, 4.69) is 0 Å². The molecular weight excluding hydrogens is 322 g/mol. The summed E-state index contributed by atoms with van der Waals surface area (Å²) < 4.78 is 0. The SMILES string of the molecule is Nc1ccc(N(C(=O)C(=O)N(CCO)CCO)c2ccccc2)cc1. The van der Waals surface area contributed by atoms with Gasteiger partial charge in [-0.2, -0.15) is 0 Å². The van der Waals surface area contributed by atoms with Gasteiger partial charge < -0.3 is 20.8 Å². The first-order valence-electron chi connectivity index (χ1n) is 7.84. The molecule has 0 bridgehead atoms. The fraction of sp³-hybridized carbons (Fsp3) is 0.222. The van der Waals surface area contributed by atoms with Gasteiger partial charge in [0, 0.05) is 30.2 Å². The number of carbonyl (C=O) groups is 2. The van der Waals surface area contributed by atoms with Crippen molar-refractivity contribution in [1.29, 1.82) is 0 Å². The van der Waals surface area contributed by atoms with Crippen LogP contribution in [-0.2, 0) is 9.59 Å². The molecule has 0 atom stereocenters. The highest BCUT2D eigenvalue weighted by Gasteiger charge is 2.28. The van der Waals surface area contributed by atoms with Crippen molar-refractivity contribution in [2.24, 2.45) is 0 Å². The summed E-state index contributed by atoms with van der Waals surface area (Å²) in [6.07, 6.45) is 0. The molecule has 0 saturated carbocycles. The highest BCUT2D eigenvalue weighted by Crippen LogP contribution is 2.26. The van der Waals surface area contributed by atoms with E-state index in [0.717, 1.165) is 4.90 Å². The smallest absolute Gasteiger partial charge is 0.321 e. The van der Waals surface area contributed by atoms with E-state index in [1.807, 2.05) is 0 Å². The molecule has 2 amide bonds. The average molecular weight is 343 g/mol. The summed E-state index contributed by atoms with van der Waals surface area (Å²) in [6, 6.07) is 15.3. The zero-order chi connectivity index (χ0) is 18.2. The molecular formula is C18H21N3O4. The predicted octanol–water partition coefficient (Wildman–Crippen LogP) is 0.747. The van der Waals surface area contributed by atoms with E-state index in [-0.39, 0.29) is 26.3 Å². The molecule has 0 heterocycles. The number of carbonyl (C=O) groups excluding carboxylic acids is 2. The van der Waals surface area contributed by atoms with Crippen molar-refractivity contribution in [3.05, 3.63) is 54.6 Å². The highest BCUT2D eigenvalue weighted by molar-refractivity contribution is 6.42. The zero-order valence-corrected chi connectivity index (χ0v) is 13.7. The normalized spacial score (nSPS) is 10.3. The van der Waals surface area contributed by atoms with Gasteiger partial charge in [-0.15, -0.1) is 0 Å². The number of hydrogen-bond acceptors (Lipinski definition) is 5. The summed E-state index contributed by atoms with van der Waals surface area (Å²) in [4.78, 5) is 27.8. The quantitative estimate of drug-likeness (QED) is 0.530. The fourth-order valence-electron chi connectivity index (χ4n) is 2.37. The van der Waals surface area contributed by atoms with Gasteiger partial charge in [0.1, 0.15) is 0 Å². The van der Waals surface area contributed by atoms with Gasteiger partial charge in [-0.3, -0.25) is 14.5 Å². The molecule has 0 aromatic heterocycles. The second kappa shape index (κ2) is 8.81. The molecule has 0 saturated heterocycles. The third-order valence-corrected chi connectivity index (χ3v) is 3.58. The molecule has 7 heteroatoms. The van der Waals surface area contributed by atoms with Crippen LogP contribution >= 0.6 is 0 Å². The molecule has 2 rings (SSSR count). The minimum Gasteiger partial charge on any atom is -0.399 e. The first kappa shape index (κ1) is 18.4. The molecule has 132 valence electrons. The maximum atomic E-state index is 12.9. The molecule has 0 unspecified atom stereocenters. The third-order valence-electron chi connectivity index (χ3n) is 3.58. The first-order valence-corrected chi connectivity index (χ1v) is 7.84. The number of hydrogen-bond donors (Lipinski definition) is 3. The Morgan fingerprint density at radius 1 is 0.800 bits per heavy atom. The van der Waals surface area contributed by atoms with E-state index in [4.69, 9.17) is 15.9 Å². The molecule has 7 nitrogen and oxygen atoms in total. The summed E-state index contributed by atoms with van der Waals surface area (Å²) in [5.41, 5.74) is 7.25. The van der Waals surface area contributed by atoms with Crippen molar-refractivity contribution in [1.82, 2.24) is 4.90 Å². The number of amides is 2. The van der Waals surface area contributed by atoms with Crippen LogP contribution in [0.15, 0.2) is 54.6 Å². The second-order valence-electron chi connectivity index (χ2n) is 5.31. The standard InChI is InChI=1S/C18H21N3O4/c19-14-6-8-16(9-7-14)21(15-4-2-1-3-5-15)18(25)17(24)20(10-12-22)11-13-23/h1-9,22-23H,10-13,19H2. The van der Waals surface area contributed by atoms with Crippen LogP contribution in [0.4, 0.5) is 17.1 Å². The van der Waals surface area contributed by atoms with Crippen LogP contribution in [0.1, 0.15) is 0 Å². The second-order valence-corrected chi connectivity index (χ2v) is 5.31. The molecule has 0 aliphatic heterocycles. The van der Waals surface area contributed by atoms with Gasteiger partial charge in [0.05, 0.1) is 13.2 Å². The Bertz CT molecular complexity index is 698. The Morgan fingerprint density at radius 3 is 1.84 bits per heavy atom. The number of nitrogen functional groups attached to an aromatic ring is 1. The zero-order valence-electron chi connectivity index (χ0n) is 13.7. The Hall–Kier alpha value is -2.90. The molecule has 25 heavy (non-hydrogen) atoms. The van der Waals surface area contributed by atoms with Crippen LogP contribution in [0, 0.1) is 0 Å². The summed E-state index contributed by atoms with van der Waals surface area (Å²) in [7, 11) is 0. The number of rotatable bonds is 6. The average Bonchev–Trinajstić information content (AvgIpc) is 2.63. The lowest BCUT2D eigenvalue weighted by molar-refractivity contribution is -0.144. The van der Waals surface area contributed by atoms with Crippen molar-refractivity contribution in [3.8, 4) is 0 Å². The summed E-state index contributed by atoms with van der Waals surface area (Å²) in [5, 5.41) is 18.2. The molecule has 4 N–H and O–H groups in total. The predicted molar refractivity (Wildman–Crippen MR) is 95.2 cm³/mol. The van der Waals surface area contributed by atoms with Gasteiger partial charge in [0.15, 0.2) is 0 Å². The minimum absolute atomic E-state index is 0.0322. The number of nitrogens with zero attached hydrogens (tertiary/aromatic N) is 2. The Kier molecular flexibility index (Phi) is 6.50. The van der Waals surface area contributed by atoms with Crippen molar-refractivity contribution < 1.29 is 19.8 Å². The molecule has 0 spiro atoms. The Balaban J connectivity index is 2.39. The van der Waals surface area contributed by atoms with Crippen LogP contribution in [0.25, 0.3) is 0 Å². The van der Waals surface area contributed by atoms with Crippen molar-refractivity contribution >= 4 is 28.9 Å². The molecule has 0 aliphatic rings. The number of anilines is 3. The van der Waals surface area contributed by atoms with E-state index in [1.54, 1.807) is 54.6 Å². The van der Waals surface area contributed by atoms with Gasteiger partial charge in [0.2, 0.25) is 0 Å². The van der Waals surface area contributed by atoms with Crippen molar-refractivity contribution in [2.75, 3.05) is 36.9 Å². The number of nitrogens with two attached hydrogens (primary N) is 1. The summed E-state index contributed by atoms with van der Waals surface area (Å²) >= 11 is 0. The topological polar surface area (TPSA) is 107 Å². The van der Waals surface area contributed by atoms with Crippen LogP contribution in [0.3, 0.4) is 0 Å². The Morgan fingerprint density at radius 2 is 1.32 bits per heavy atom. The molecule has 2 aromatic carbocycles. The first-order chi connectivity index (χ1) is 12.1. The van der Waals surface area contributed by atoms with Gasteiger partial charge in [0.25, 0.3) is 0 Å². The van der Waals surface area contributed by atoms with Crippen LogP contribution in [-0.4, -0.2) is 53.2 Å². The van der Waals surface area contributed by atoms with Gasteiger partial charge in [-0.1, -0.05) is 18.2 Å². The van der Waals surface area contributed by atoms with Crippen molar-refractivity contribution in [2.45, 2.75) is 0 Å². The monoisotopic (exact) mass is 343 g/mol. The third kappa shape index (κ3) is 4.56. The van der Waals surface area contributed by atoms with E-state index >= 15 is 0 Å². The summed E-state index contributed by atoms with van der Waals surface area (Å²) in [5.74, 6) is -1.58. The number of aliphatic hydroxyl groups is 2. The fourth-order valence-corrected chi connectivity index (χ4v) is 2.37. The molecule has 0 radical (unpaired) electrons. The molecule has 2 aromatic rings. The van der Waals surface area contributed by atoms with Gasteiger partial charge in [-0.05, 0) is 36.4 Å². The molecule has 0 aliphatic carbocycles. The maximum absolute atomic E-state index is 12.9. The van der Waals surface area contributed by atoms with E-state index < -0.39 is 11.8 Å². The lowest BCUT2D eigenvalue weighted by Crippen LogP contribution is -2.45. The minimum atomic E-state index is -0.802. The van der Waals surface area contributed by atoms with Crippen molar-refractivity contribution in [3.63, 3.8) is 0 Å². The van der Waals surface area contributed by atoms with E-state index in [9.17, 15) is 9.59 Å². The molecule has 0 fully saturated rings. The van der Waals surface area contributed by atoms with E-state index in [0.29, 0.717) is 17.1 Å². The number of benzene rings is 2. The van der Waals surface area contributed by atoms with Gasteiger partial charge in [-0.25, -0.2) is 0 Å². The Labute approximate surface area is 145 Å². The lowest BCUT2D eigenvalue weighted by atomic mass is 10.2. The number of aliphatic hydroxyl groups excluding tert-OH is 2. The van der Waals surface area contributed by atoms with Gasteiger partial charge >= 0.3 is 11.8 Å². The highest BCUT2D eigenvalue weighted by atomic mass is 16.3. The van der Waals surface area contributed by atoms with Crippen LogP contribution < -0.4 is 10.6 Å². The van der Waals surface area contributed by atoms with Crippen LogP contribution in [0.5, 0.6) is 0 Å².